The number of aliphatic hydroxyl groups excluding tert-OH is 1. The number of amides is 1. The van der Waals surface area contributed by atoms with Crippen LogP contribution >= 0.6 is 0 Å². The highest BCUT2D eigenvalue weighted by atomic mass is 16.3. The van der Waals surface area contributed by atoms with E-state index in [1.807, 2.05) is 60.7 Å². The van der Waals surface area contributed by atoms with Gasteiger partial charge in [0.25, 0.3) is 5.91 Å². The van der Waals surface area contributed by atoms with Crippen LogP contribution in [0.15, 0.2) is 91.0 Å². The lowest BCUT2D eigenvalue weighted by molar-refractivity contribution is -0.123. The summed E-state index contributed by atoms with van der Waals surface area (Å²) in [5.74, 6) is -0.432. The number of anilines is 1. The fraction of sp³-hybridized carbons (Fsp3) is 0.0769. The van der Waals surface area contributed by atoms with Gasteiger partial charge in [0.1, 0.15) is 6.10 Å². The third-order valence-electron chi connectivity index (χ3n) is 5.43. The van der Waals surface area contributed by atoms with Crippen molar-refractivity contribution in [3.63, 3.8) is 0 Å². The minimum Gasteiger partial charge on any atom is -0.383 e. The van der Waals surface area contributed by atoms with E-state index in [9.17, 15) is 9.90 Å². The highest BCUT2D eigenvalue weighted by Crippen LogP contribution is 2.30. The maximum Gasteiger partial charge on any atom is 0.253 e. The van der Waals surface area contributed by atoms with E-state index in [0.717, 1.165) is 33.1 Å². The quantitative estimate of drug-likeness (QED) is 0.387. The van der Waals surface area contributed by atoms with E-state index in [0.29, 0.717) is 5.69 Å². The van der Waals surface area contributed by atoms with Gasteiger partial charge in [0.2, 0.25) is 0 Å². The first-order valence-corrected chi connectivity index (χ1v) is 10.2. The predicted molar refractivity (Wildman–Crippen MR) is 124 cm³/mol. The molecule has 5 nitrogen and oxygen atoms in total. The van der Waals surface area contributed by atoms with Gasteiger partial charge in [0.15, 0.2) is 0 Å². The number of aromatic amines is 1. The van der Waals surface area contributed by atoms with Gasteiger partial charge in [-0.3, -0.25) is 9.89 Å². The minimum atomic E-state index is -1.12. The van der Waals surface area contributed by atoms with Crippen LogP contribution in [0.5, 0.6) is 0 Å². The summed E-state index contributed by atoms with van der Waals surface area (Å²) in [4.78, 5) is 12.5. The molecule has 3 N–H and O–H groups in total. The molecule has 1 aromatic heterocycles. The summed E-state index contributed by atoms with van der Waals surface area (Å²) in [7, 11) is 0. The molecule has 1 atom stereocenters. The van der Waals surface area contributed by atoms with Gasteiger partial charge >= 0.3 is 0 Å². The molecule has 5 rings (SSSR count). The van der Waals surface area contributed by atoms with E-state index in [-0.39, 0.29) is 6.42 Å². The standard InChI is InChI=1S/C26H21N3O2/c30-24(14-17-6-2-1-3-7-17)26(31)27-21-12-13-23-22(16-21)25(29-28-23)20-11-10-18-8-4-5-9-19(18)15-20/h1-13,15-16,24,30H,14H2,(H,27,31)(H,28,29). The number of carbonyl (C=O) groups excluding carboxylic acids is 1. The van der Waals surface area contributed by atoms with Crippen molar-refractivity contribution >= 4 is 33.3 Å². The molecule has 0 aliphatic heterocycles. The lowest BCUT2D eigenvalue weighted by atomic mass is 10.0. The Morgan fingerprint density at radius 3 is 2.52 bits per heavy atom. The Hall–Kier alpha value is -3.96. The Balaban J connectivity index is 1.41. The lowest BCUT2D eigenvalue weighted by Crippen LogP contribution is -2.29. The van der Waals surface area contributed by atoms with Gasteiger partial charge in [0, 0.05) is 23.1 Å². The molecule has 5 aromatic rings. The van der Waals surface area contributed by atoms with Gasteiger partial charge in [-0.15, -0.1) is 0 Å². The number of rotatable bonds is 5. The molecule has 0 radical (unpaired) electrons. The predicted octanol–water partition coefficient (Wildman–Crippen LogP) is 4.93. The van der Waals surface area contributed by atoms with Gasteiger partial charge < -0.3 is 10.4 Å². The minimum absolute atomic E-state index is 0.267. The molecular weight excluding hydrogens is 386 g/mol. The van der Waals surface area contributed by atoms with Gasteiger partial charge in [-0.2, -0.15) is 5.10 Å². The van der Waals surface area contributed by atoms with Crippen LogP contribution in [0.1, 0.15) is 5.56 Å². The van der Waals surface area contributed by atoms with Crippen molar-refractivity contribution in [2.45, 2.75) is 12.5 Å². The smallest absolute Gasteiger partial charge is 0.253 e. The highest BCUT2D eigenvalue weighted by molar-refractivity contribution is 6.00. The van der Waals surface area contributed by atoms with E-state index in [4.69, 9.17) is 0 Å². The highest BCUT2D eigenvalue weighted by Gasteiger charge is 2.17. The third-order valence-corrected chi connectivity index (χ3v) is 5.43. The van der Waals surface area contributed by atoms with Crippen molar-refractivity contribution in [3.8, 4) is 11.3 Å². The van der Waals surface area contributed by atoms with E-state index in [1.165, 1.54) is 5.39 Å². The summed E-state index contributed by atoms with van der Waals surface area (Å²) in [6, 6.07) is 29.5. The lowest BCUT2D eigenvalue weighted by Gasteiger charge is -2.12. The van der Waals surface area contributed by atoms with Gasteiger partial charge in [-0.25, -0.2) is 0 Å². The summed E-state index contributed by atoms with van der Waals surface area (Å²) in [5.41, 5.74) is 4.23. The molecule has 31 heavy (non-hydrogen) atoms. The zero-order chi connectivity index (χ0) is 21.2. The SMILES string of the molecule is O=C(Nc1ccc2[nH]nc(-c3ccc4ccccc4c3)c2c1)C(O)Cc1ccccc1. The van der Waals surface area contributed by atoms with E-state index >= 15 is 0 Å². The summed E-state index contributed by atoms with van der Waals surface area (Å²) in [6.45, 7) is 0. The molecule has 4 aromatic carbocycles. The van der Waals surface area contributed by atoms with E-state index in [1.54, 1.807) is 6.07 Å². The van der Waals surface area contributed by atoms with Crippen LogP contribution in [-0.4, -0.2) is 27.3 Å². The number of nitrogens with one attached hydrogen (secondary N) is 2. The van der Waals surface area contributed by atoms with Crippen LogP contribution in [0.4, 0.5) is 5.69 Å². The van der Waals surface area contributed by atoms with Crippen LogP contribution in [0, 0.1) is 0 Å². The first-order valence-electron chi connectivity index (χ1n) is 10.2. The van der Waals surface area contributed by atoms with Crippen molar-refractivity contribution in [1.82, 2.24) is 10.2 Å². The van der Waals surface area contributed by atoms with E-state index in [2.05, 4.69) is 39.8 Å². The zero-order valence-corrected chi connectivity index (χ0v) is 16.7. The summed E-state index contributed by atoms with van der Waals surface area (Å²) >= 11 is 0. The van der Waals surface area contributed by atoms with Crippen LogP contribution in [-0.2, 0) is 11.2 Å². The molecule has 1 amide bonds. The molecule has 1 unspecified atom stereocenters. The van der Waals surface area contributed by atoms with Crippen LogP contribution in [0.25, 0.3) is 32.9 Å². The normalized spacial score (nSPS) is 12.2. The average Bonchev–Trinajstić information content (AvgIpc) is 3.22. The molecule has 0 bridgehead atoms. The van der Waals surface area contributed by atoms with Crippen molar-refractivity contribution in [2.24, 2.45) is 0 Å². The number of aromatic nitrogens is 2. The second kappa shape index (κ2) is 8.05. The summed E-state index contributed by atoms with van der Waals surface area (Å²) < 4.78 is 0. The Morgan fingerprint density at radius 1 is 0.903 bits per heavy atom. The van der Waals surface area contributed by atoms with Gasteiger partial charge in [-0.05, 0) is 40.6 Å². The van der Waals surface area contributed by atoms with Crippen molar-refractivity contribution in [1.29, 1.82) is 0 Å². The Bertz CT molecular complexity index is 1380. The fourth-order valence-electron chi connectivity index (χ4n) is 3.80. The number of hydrogen-bond acceptors (Lipinski definition) is 3. The number of hydrogen-bond donors (Lipinski definition) is 3. The number of benzene rings is 4. The second-order valence-electron chi connectivity index (χ2n) is 7.59. The van der Waals surface area contributed by atoms with Crippen molar-refractivity contribution < 1.29 is 9.90 Å². The van der Waals surface area contributed by atoms with E-state index < -0.39 is 12.0 Å². The monoisotopic (exact) mass is 407 g/mol. The number of carbonyl (C=O) groups is 1. The molecule has 0 spiro atoms. The summed E-state index contributed by atoms with van der Waals surface area (Å²) in [5, 5.41) is 23.9. The number of nitrogens with zero attached hydrogens (tertiary/aromatic N) is 1. The molecular formula is C26H21N3O2. The van der Waals surface area contributed by atoms with Gasteiger partial charge in [-0.1, -0.05) is 66.7 Å². The molecule has 1 heterocycles. The third kappa shape index (κ3) is 3.91. The molecule has 5 heteroatoms. The number of aliphatic hydroxyl groups is 1. The van der Waals surface area contributed by atoms with Crippen molar-refractivity contribution in [2.75, 3.05) is 5.32 Å². The van der Waals surface area contributed by atoms with Crippen LogP contribution in [0.3, 0.4) is 0 Å². The molecule has 152 valence electrons. The Labute approximate surface area is 179 Å². The molecule has 0 fully saturated rings. The molecule has 0 saturated heterocycles. The first kappa shape index (κ1) is 19.0. The first-order chi connectivity index (χ1) is 15.2. The number of H-pyrrole nitrogens is 1. The summed E-state index contributed by atoms with van der Waals surface area (Å²) in [6.07, 6.45) is -0.856. The zero-order valence-electron chi connectivity index (χ0n) is 16.7. The van der Waals surface area contributed by atoms with Gasteiger partial charge in [0.05, 0.1) is 11.2 Å². The molecule has 0 aliphatic carbocycles. The number of fused-ring (bicyclic) bond motifs is 2. The largest absolute Gasteiger partial charge is 0.383 e. The molecule has 0 saturated carbocycles. The topological polar surface area (TPSA) is 78.0 Å². The van der Waals surface area contributed by atoms with Crippen molar-refractivity contribution in [3.05, 3.63) is 96.6 Å². The van der Waals surface area contributed by atoms with Crippen LogP contribution < -0.4 is 5.32 Å². The Kier molecular flexibility index (Phi) is 4.94. The maximum atomic E-state index is 12.5. The van der Waals surface area contributed by atoms with Crippen LogP contribution in [0.2, 0.25) is 0 Å². The second-order valence-corrected chi connectivity index (χ2v) is 7.59. The fourth-order valence-corrected chi connectivity index (χ4v) is 3.80. The molecule has 0 aliphatic rings. The average molecular weight is 407 g/mol. The Morgan fingerprint density at radius 2 is 1.68 bits per heavy atom. The maximum absolute atomic E-state index is 12.5.